The summed E-state index contributed by atoms with van der Waals surface area (Å²) in [5.74, 6) is -4.01. The molecule has 1 aliphatic rings. The first kappa shape index (κ1) is 28.3. The maximum absolute atomic E-state index is 13.4. The average molecular weight is 471 g/mol. The minimum atomic E-state index is -1.37. The Labute approximate surface area is 194 Å². The van der Waals surface area contributed by atoms with Crippen LogP contribution in [-0.4, -0.2) is 75.5 Å². The number of likely N-dealkylation sites (tertiary alicyclic amines) is 1. The number of nitrogens with two attached hydrogens (primary N) is 1. The Kier molecular flexibility index (Phi) is 11.3. The van der Waals surface area contributed by atoms with E-state index in [0.29, 0.717) is 32.2 Å². The van der Waals surface area contributed by atoms with Gasteiger partial charge in [-0.05, 0) is 37.5 Å². The SMILES string of the molecule is CCC(C)C(NC(=O)C(N)CC(C)C)C(=O)N1CCCC1C(=O)NC(CCC(=O)O)C(=O)O. The first-order chi connectivity index (χ1) is 15.4. The largest absolute Gasteiger partial charge is 0.481 e. The van der Waals surface area contributed by atoms with Gasteiger partial charge in [-0.3, -0.25) is 19.2 Å². The third-order valence-electron chi connectivity index (χ3n) is 5.94. The number of nitrogens with zero attached hydrogens (tertiary/aromatic N) is 1. The minimum Gasteiger partial charge on any atom is -0.481 e. The summed E-state index contributed by atoms with van der Waals surface area (Å²) in [5.41, 5.74) is 5.97. The lowest BCUT2D eigenvalue weighted by Crippen LogP contribution is -2.58. The quantitative estimate of drug-likeness (QED) is 0.255. The van der Waals surface area contributed by atoms with Gasteiger partial charge in [-0.1, -0.05) is 34.1 Å². The topological polar surface area (TPSA) is 179 Å². The highest BCUT2D eigenvalue weighted by atomic mass is 16.4. The van der Waals surface area contributed by atoms with Crippen LogP contribution >= 0.6 is 0 Å². The molecule has 11 heteroatoms. The fourth-order valence-corrected chi connectivity index (χ4v) is 3.83. The van der Waals surface area contributed by atoms with Crippen LogP contribution in [0.1, 0.15) is 66.2 Å². The van der Waals surface area contributed by atoms with Crippen LogP contribution in [0.15, 0.2) is 0 Å². The number of carboxylic acid groups (broad SMARTS) is 2. The molecule has 5 unspecified atom stereocenters. The number of rotatable bonds is 13. The second-order valence-corrected chi connectivity index (χ2v) is 9.13. The number of hydrogen-bond acceptors (Lipinski definition) is 6. The summed E-state index contributed by atoms with van der Waals surface area (Å²) in [4.78, 5) is 62.3. The van der Waals surface area contributed by atoms with E-state index in [0.717, 1.165) is 0 Å². The second-order valence-electron chi connectivity index (χ2n) is 9.13. The number of hydrogen-bond donors (Lipinski definition) is 5. The van der Waals surface area contributed by atoms with Crippen molar-refractivity contribution in [3.05, 3.63) is 0 Å². The van der Waals surface area contributed by atoms with Gasteiger partial charge in [0.2, 0.25) is 17.7 Å². The molecule has 0 aromatic carbocycles. The molecule has 1 saturated heterocycles. The fourth-order valence-electron chi connectivity index (χ4n) is 3.83. The van der Waals surface area contributed by atoms with Crippen LogP contribution in [0.25, 0.3) is 0 Å². The van der Waals surface area contributed by atoms with E-state index in [1.54, 1.807) is 0 Å². The standard InChI is InChI=1S/C22H38N4O7/c1-5-13(4)18(25-19(29)14(23)11-12(2)3)21(31)26-10-6-7-16(26)20(30)24-15(22(32)33)8-9-17(27)28/h12-16,18H,5-11,23H2,1-4H3,(H,24,30)(H,25,29)(H,27,28)(H,32,33). The molecule has 0 aliphatic carbocycles. The van der Waals surface area contributed by atoms with E-state index in [4.69, 9.17) is 10.8 Å². The highest BCUT2D eigenvalue weighted by Crippen LogP contribution is 2.22. The first-order valence-electron chi connectivity index (χ1n) is 11.5. The molecule has 3 amide bonds. The van der Waals surface area contributed by atoms with E-state index in [2.05, 4.69) is 10.6 Å². The molecule has 33 heavy (non-hydrogen) atoms. The highest BCUT2D eigenvalue weighted by molar-refractivity contribution is 5.94. The van der Waals surface area contributed by atoms with Gasteiger partial charge in [0.05, 0.1) is 6.04 Å². The molecule has 1 heterocycles. The average Bonchev–Trinajstić information content (AvgIpc) is 3.22. The van der Waals surface area contributed by atoms with E-state index >= 15 is 0 Å². The summed E-state index contributed by atoms with van der Waals surface area (Å²) in [6.45, 7) is 7.90. The molecule has 1 fully saturated rings. The van der Waals surface area contributed by atoms with Gasteiger partial charge in [-0.15, -0.1) is 0 Å². The van der Waals surface area contributed by atoms with Crippen molar-refractivity contribution in [1.29, 1.82) is 0 Å². The van der Waals surface area contributed by atoms with E-state index in [-0.39, 0.29) is 18.3 Å². The summed E-state index contributed by atoms with van der Waals surface area (Å²) in [7, 11) is 0. The Morgan fingerprint density at radius 3 is 2.24 bits per heavy atom. The van der Waals surface area contributed by atoms with Crippen molar-refractivity contribution in [1.82, 2.24) is 15.5 Å². The van der Waals surface area contributed by atoms with Crippen molar-refractivity contribution in [2.24, 2.45) is 17.6 Å². The number of nitrogens with one attached hydrogen (secondary N) is 2. The van der Waals surface area contributed by atoms with Crippen molar-refractivity contribution in [3.8, 4) is 0 Å². The molecular formula is C22H38N4O7. The van der Waals surface area contributed by atoms with Crippen LogP contribution in [0, 0.1) is 11.8 Å². The van der Waals surface area contributed by atoms with Crippen molar-refractivity contribution in [3.63, 3.8) is 0 Å². The van der Waals surface area contributed by atoms with Gasteiger partial charge >= 0.3 is 11.9 Å². The predicted molar refractivity (Wildman–Crippen MR) is 120 cm³/mol. The van der Waals surface area contributed by atoms with Crippen molar-refractivity contribution >= 4 is 29.7 Å². The van der Waals surface area contributed by atoms with Crippen molar-refractivity contribution in [2.75, 3.05) is 6.54 Å². The Bertz CT molecular complexity index is 728. The lowest BCUT2D eigenvalue weighted by Gasteiger charge is -2.32. The van der Waals surface area contributed by atoms with Gasteiger partial charge in [0, 0.05) is 13.0 Å². The zero-order chi connectivity index (χ0) is 25.3. The van der Waals surface area contributed by atoms with E-state index in [1.807, 2.05) is 27.7 Å². The molecule has 188 valence electrons. The van der Waals surface area contributed by atoms with Crippen LogP contribution in [0.3, 0.4) is 0 Å². The van der Waals surface area contributed by atoms with Gasteiger partial charge in [0.15, 0.2) is 0 Å². The van der Waals surface area contributed by atoms with Crippen LogP contribution in [0.4, 0.5) is 0 Å². The number of aliphatic carboxylic acids is 2. The smallest absolute Gasteiger partial charge is 0.326 e. The third-order valence-corrected chi connectivity index (χ3v) is 5.94. The second kappa shape index (κ2) is 13.1. The summed E-state index contributed by atoms with van der Waals surface area (Å²) in [5, 5.41) is 23.2. The minimum absolute atomic E-state index is 0.207. The van der Waals surface area contributed by atoms with Crippen LogP contribution in [0.5, 0.6) is 0 Å². The van der Waals surface area contributed by atoms with Crippen molar-refractivity contribution in [2.45, 2.75) is 90.4 Å². The number of carbonyl (C=O) groups excluding carboxylic acids is 3. The van der Waals surface area contributed by atoms with Gasteiger partial charge in [0.25, 0.3) is 0 Å². The summed E-state index contributed by atoms with van der Waals surface area (Å²) in [6.07, 6.45) is 1.28. The predicted octanol–water partition coefficient (Wildman–Crippen LogP) is 0.316. The van der Waals surface area contributed by atoms with Gasteiger partial charge in [0.1, 0.15) is 18.1 Å². The molecular weight excluding hydrogens is 432 g/mol. The molecule has 1 aliphatic heterocycles. The zero-order valence-electron chi connectivity index (χ0n) is 19.9. The molecule has 0 aromatic heterocycles. The van der Waals surface area contributed by atoms with E-state index in [1.165, 1.54) is 4.90 Å². The van der Waals surface area contributed by atoms with Crippen LogP contribution in [-0.2, 0) is 24.0 Å². The van der Waals surface area contributed by atoms with Crippen LogP contribution < -0.4 is 16.4 Å². The molecule has 0 radical (unpaired) electrons. The van der Waals surface area contributed by atoms with Gasteiger partial charge in [-0.2, -0.15) is 0 Å². The molecule has 1 rings (SSSR count). The summed E-state index contributed by atoms with van der Waals surface area (Å²) in [6, 6.07) is -3.88. The zero-order valence-corrected chi connectivity index (χ0v) is 19.9. The van der Waals surface area contributed by atoms with Crippen LogP contribution in [0.2, 0.25) is 0 Å². The Hall–Kier alpha value is -2.69. The fraction of sp³-hybridized carbons (Fsp3) is 0.773. The first-order valence-corrected chi connectivity index (χ1v) is 11.5. The Morgan fingerprint density at radius 1 is 1.09 bits per heavy atom. The molecule has 5 atom stereocenters. The number of carbonyl (C=O) groups is 5. The Balaban J connectivity index is 2.96. The molecule has 0 aromatic rings. The molecule has 6 N–H and O–H groups in total. The summed E-state index contributed by atoms with van der Waals surface area (Å²) >= 11 is 0. The van der Waals surface area contributed by atoms with Crippen molar-refractivity contribution < 1.29 is 34.2 Å². The van der Waals surface area contributed by atoms with Gasteiger partial charge < -0.3 is 31.5 Å². The normalized spacial score (nSPS) is 19.5. The lowest BCUT2D eigenvalue weighted by atomic mass is 9.96. The molecule has 11 nitrogen and oxygen atoms in total. The van der Waals surface area contributed by atoms with E-state index in [9.17, 15) is 29.1 Å². The number of carboxylic acids is 2. The summed E-state index contributed by atoms with van der Waals surface area (Å²) < 4.78 is 0. The maximum atomic E-state index is 13.4. The number of amides is 3. The van der Waals surface area contributed by atoms with Gasteiger partial charge in [-0.25, -0.2) is 4.79 Å². The molecule has 0 spiro atoms. The Morgan fingerprint density at radius 2 is 1.73 bits per heavy atom. The third kappa shape index (κ3) is 8.64. The highest BCUT2D eigenvalue weighted by Gasteiger charge is 2.40. The molecule has 0 saturated carbocycles. The van der Waals surface area contributed by atoms with E-state index < -0.39 is 60.2 Å². The molecule has 0 bridgehead atoms. The lowest BCUT2D eigenvalue weighted by molar-refractivity contribution is -0.146. The maximum Gasteiger partial charge on any atom is 0.326 e. The monoisotopic (exact) mass is 470 g/mol.